The van der Waals surface area contributed by atoms with E-state index in [1.165, 1.54) is 7.11 Å². The highest BCUT2D eigenvalue weighted by atomic mass is 16.5. The number of nitrogens with two attached hydrogens (primary N) is 1. The Morgan fingerprint density at radius 3 is 2.89 bits per heavy atom. The van der Waals surface area contributed by atoms with Gasteiger partial charge >= 0.3 is 5.97 Å². The summed E-state index contributed by atoms with van der Waals surface area (Å²) >= 11 is 0. The monoisotopic (exact) mass is 266 g/mol. The molecule has 6 heteroatoms. The highest BCUT2D eigenvalue weighted by Gasteiger charge is 2.28. The topological polar surface area (TPSA) is 82.8 Å². The Balaban J connectivity index is 2.17. The Morgan fingerprint density at radius 1 is 1.42 bits per heavy atom. The molecule has 1 fully saturated rings. The molecule has 0 amide bonds. The average molecular weight is 266 g/mol. The Labute approximate surface area is 111 Å². The first-order valence-corrected chi connectivity index (χ1v) is 6.00. The maximum absolute atomic E-state index is 11.5. The number of ether oxygens (including phenoxy) is 3. The molecule has 0 unspecified atom stereocenters. The molecule has 1 heterocycles. The summed E-state index contributed by atoms with van der Waals surface area (Å²) in [5.41, 5.74) is 7.60. The van der Waals surface area contributed by atoms with Gasteiger partial charge in [0.1, 0.15) is 6.10 Å². The van der Waals surface area contributed by atoms with E-state index in [4.69, 9.17) is 15.2 Å². The summed E-state index contributed by atoms with van der Waals surface area (Å²) in [7, 11) is 2.99. The fourth-order valence-corrected chi connectivity index (χ4v) is 2.03. The molecule has 104 valence electrons. The van der Waals surface area contributed by atoms with Crippen molar-refractivity contribution in [3.63, 3.8) is 0 Å². The van der Waals surface area contributed by atoms with Gasteiger partial charge in [-0.1, -0.05) is 0 Å². The zero-order valence-electron chi connectivity index (χ0n) is 11.0. The molecule has 1 aromatic rings. The average Bonchev–Trinajstić information content (AvgIpc) is 2.87. The van der Waals surface area contributed by atoms with E-state index in [1.54, 1.807) is 25.3 Å². The third-order valence-corrected chi connectivity index (χ3v) is 3.15. The molecule has 0 bridgehead atoms. The number of nitrogen functional groups attached to an aromatic ring is 1. The first-order chi connectivity index (χ1) is 9.15. The fraction of sp³-hybridized carbons (Fsp3) is 0.462. The van der Waals surface area contributed by atoms with Crippen LogP contribution >= 0.6 is 0 Å². The molecular weight excluding hydrogens is 248 g/mol. The minimum atomic E-state index is -0.394. The van der Waals surface area contributed by atoms with Crippen LogP contribution in [0, 0.1) is 0 Å². The van der Waals surface area contributed by atoms with Crippen LogP contribution in [0.15, 0.2) is 18.2 Å². The highest BCUT2D eigenvalue weighted by Crippen LogP contribution is 2.24. The third kappa shape index (κ3) is 2.97. The van der Waals surface area contributed by atoms with Crippen molar-refractivity contribution in [3.8, 4) is 0 Å². The number of methoxy groups -OCH3 is 2. The van der Waals surface area contributed by atoms with E-state index in [0.717, 1.165) is 0 Å². The molecule has 0 spiro atoms. The fourth-order valence-electron chi connectivity index (χ4n) is 2.03. The molecule has 1 aliphatic heterocycles. The van der Waals surface area contributed by atoms with Gasteiger partial charge in [-0.15, -0.1) is 0 Å². The number of carbonyl (C=O) groups excluding carboxylic acids is 1. The standard InChI is InChI=1S/C13H18N2O4/c1-17-12-7-19-6-11(12)15-10-5-8(13(16)18-2)3-4-9(10)14/h3-5,11-12,15H,6-7,14H2,1-2H3/t11-,12+/m0/s1. The SMILES string of the molecule is COC(=O)c1ccc(N)c(N[C@H]2COC[C@H]2OC)c1. The molecule has 0 radical (unpaired) electrons. The minimum Gasteiger partial charge on any atom is -0.465 e. The highest BCUT2D eigenvalue weighted by molar-refractivity contribution is 5.92. The van der Waals surface area contributed by atoms with Gasteiger partial charge in [0.15, 0.2) is 0 Å². The van der Waals surface area contributed by atoms with Crippen LogP contribution < -0.4 is 11.1 Å². The van der Waals surface area contributed by atoms with Gasteiger partial charge in [-0.25, -0.2) is 4.79 Å². The first kappa shape index (κ1) is 13.6. The van der Waals surface area contributed by atoms with Gasteiger partial charge in [-0.3, -0.25) is 0 Å². The summed E-state index contributed by atoms with van der Waals surface area (Å²) < 4.78 is 15.4. The van der Waals surface area contributed by atoms with Gasteiger partial charge in [-0.2, -0.15) is 0 Å². The maximum Gasteiger partial charge on any atom is 0.337 e. The lowest BCUT2D eigenvalue weighted by Crippen LogP contribution is -2.33. The second kappa shape index (κ2) is 5.90. The van der Waals surface area contributed by atoms with E-state index in [0.29, 0.717) is 30.2 Å². The molecule has 1 saturated heterocycles. The van der Waals surface area contributed by atoms with Crippen LogP contribution in [0.3, 0.4) is 0 Å². The number of rotatable bonds is 4. The van der Waals surface area contributed by atoms with Crippen molar-refractivity contribution in [1.82, 2.24) is 0 Å². The number of anilines is 2. The largest absolute Gasteiger partial charge is 0.465 e. The van der Waals surface area contributed by atoms with Crippen molar-refractivity contribution < 1.29 is 19.0 Å². The van der Waals surface area contributed by atoms with Crippen LogP contribution in [0.2, 0.25) is 0 Å². The predicted octanol–water partition coefficient (Wildman–Crippen LogP) is 0.881. The van der Waals surface area contributed by atoms with E-state index in [9.17, 15) is 4.79 Å². The lowest BCUT2D eigenvalue weighted by molar-refractivity contribution is 0.0601. The van der Waals surface area contributed by atoms with Crippen molar-refractivity contribution in [3.05, 3.63) is 23.8 Å². The van der Waals surface area contributed by atoms with Crippen molar-refractivity contribution in [2.45, 2.75) is 12.1 Å². The van der Waals surface area contributed by atoms with Crippen molar-refractivity contribution >= 4 is 17.3 Å². The number of benzene rings is 1. The van der Waals surface area contributed by atoms with Gasteiger partial charge in [0.25, 0.3) is 0 Å². The number of hydrogen-bond donors (Lipinski definition) is 2. The van der Waals surface area contributed by atoms with Gasteiger partial charge < -0.3 is 25.3 Å². The van der Waals surface area contributed by atoms with E-state index in [1.807, 2.05) is 0 Å². The molecule has 0 aromatic heterocycles. The second-order valence-electron chi connectivity index (χ2n) is 4.36. The maximum atomic E-state index is 11.5. The Hall–Kier alpha value is -1.79. The Bertz CT molecular complexity index is 464. The summed E-state index contributed by atoms with van der Waals surface area (Å²) in [6, 6.07) is 4.99. The van der Waals surface area contributed by atoms with Gasteiger partial charge in [0.2, 0.25) is 0 Å². The van der Waals surface area contributed by atoms with Crippen LogP contribution in [0.25, 0.3) is 0 Å². The summed E-state index contributed by atoms with van der Waals surface area (Å²) in [4.78, 5) is 11.5. The van der Waals surface area contributed by atoms with E-state index in [2.05, 4.69) is 10.1 Å². The van der Waals surface area contributed by atoms with Crippen molar-refractivity contribution in [2.24, 2.45) is 0 Å². The lowest BCUT2D eigenvalue weighted by atomic mass is 10.1. The predicted molar refractivity (Wildman–Crippen MR) is 71.2 cm³/mol. The molecule has 0 saturated carbocycles. The van der Waals surface area contributed by atoms with Gasteiger partial charge in [0, 0.05) is 7.11 Å². The molecule has 2 rings (SSSR count). The zero-order chi connectivity index (χ0) is 13.8. The van der Waals surface area contributed by atoms with Crippen LogP contribution in [-0.2, 0) is 14.2 Å². The van der Waals surface area contributed by atoms with Gasteiger partial charge in [-0.05, 0) is 18.2 Å². The number of carbonyl (C=O) groups is 1. The number of esters is 1. The Morgan fingerprint density at radius 2 is 2.21 bits per heavy atom. The van der Waals surface area contributed by atoms with Crippen LogP contribution in [0.1, 0.15) is 10.4 Å². The normalized spacial score (nSPS) is 22.2. The zero-order valence-corrected chi connectivity index (χ0v) is 11.0. The van der Waals surface area contributed by atoms with Crippen molar-refractivity contribution in [1.29, 1.82) is 0 Å². The van der Waals surface area contributed by atoms with Crippen LogP contribution in [0.4, 0.5) is 11.4 Å². The summed E-state index contributed by atoms with van der Waals surface area (Å²) in [6.07, 6.45) is -0.0267. The molecule has 3 N–H and O–H groups in total. The molecular formula is C13H18N2O4. The summed E-state index contributed by atoms with van der Waals surface area (Å²) in [5, 5.41) is 3.25. The second-order valence-corrected chi connectivity index (χ2v) is 4.36. The molecule has 1 aliphatic rings. The summed E-state index contributed by atoms with van der Waals surface area (Å²) in [6.45, 7) is 1.09. The van der Waals surface area contributed by atoms with Crippen molar-refractivity contribution in [2.75, 3.05) is 38.5 Å². The molecule has 19 heavy (non-hydrogen) atoms. The molecule has 0 aliphatic carbocycles. The smallest absolute Gasteiger partial charge is 0.337 e. The number of nitrogens with one attached hydrogen (secondary N) is 1. The molecule has 6 nitrogen and oxygen atoms in total. The van der Waals surface area contributed by atoms with Crippen LogP contribution in [-0.4, -0.2) is 45.5 Å². The quantitative estimate of drug-likeness (QED) is 0.622. The first-order valence-electron chi connectivity index (χ1n) is 6.00. The molecule has 2 atom stereocenters. The minimum absolute atomic E-state index is 0.0141. The lowest BCUT2D eigenvalue weighted by Gasteiger charge is -2.20. The summed E-state index contributed by atoms with van der Waals surface area (Å²) in [5.74, 6) is -0.394. The number of hydrogen-bond acceptors (Lipinski definition) is 6. The van der Waals surface area contributed by atoms with E-state index in [-0.39, 0.29) is 12.1 Å². The van der Waals surface area contributed by atoms with Crippen LogP contribution in [0.5, 0.6) is 0 Å². The van der Waals surface area contributed by atoms with Gasteiger partial charge in [0.05, 0.1) is 43.3 Å². The van der Waals surface area contributed by atoms with E-state index < -0.39 is 5.97 Å². The Kier molecular flexibility index (Phi) is 4.24. The third-order valence-electron chi connectivity index (χ3n) is 3.15. The van der Waals surface area contributed by atoms with E-state index >= 15 is 0 Å². The molecule has 1 aromatic carbocycles.